The second-order valence-electron chi connectivity index (χ2n) is 8.44. The standard InChI is InChI=1S/C25H31FN4/c1-28(20-24-7-5-16-30(24)25-8-2-3-14-27-25)18-22-6-4-15-29(19-22)17-13-21-9-11-23(26)12-10-21/h2-3,5,7-12,14,16,22H,4,6,13,15,17-20H2,1H3/t22-/m0/s1. The smallest absolute Gasteiger partial charge is 0.136 e. The molecule has 0 amide bonds. The molecule has 1 aliphatic heterocycles. The van der Waals surface area contributed by atoms with Crippen LogP contribution in [0.1, 0.15) is 24.1 Å². The van der Waals surface area contributed by atoms with E-state index in [9.17, 15) is 4.39 Å². The van der Waals surface area contributed by atoms with Crippen molar-refractivity contribution >= 4 is 0 Å². The predicted octanol–water partition coefficient (Wildman–Crippen LogP) is 4.40. The van der Waals surface area contributed by atoms with Crippen molar-refractivity contribution in [1.82, 2.24) is 19.4 Å². The van der Waals surface area contributed by atoms with Crippen molar-refractivity contribution in [3.63, 3.8) is 0 Å². The maximum Gasteiger partial charge on any atom is 0.136 e. The summed E-state index contributed by atoms with van der Waals surface area (Å²) in [7, 11) is 2.22. The second-order valence-corrected chi connectivity index (χ2v) is 8.44. The van der Waals surface area contributed by atoms with Crippen LogP contribution in [0.4, 0.5) is 4.39 Å². The molecule has 0 saturated carbocycles. The van der Waals surface area contributed by atoms with Crippen molar-refractivity contribution in [1.29, 1.82) is 0 Å². The Bertz CT molecular complexity index is 906. The quantitative estimate of drug-likeness (QED) is 0.554. The van der Waals surface area contributed by atoms with E-state index in [0.29, 0.717) is 5.92 Å². The molecule has 3 heterocycles. The molecule has 3 aromatic rings. The Morgan fingerprint density at radius 3 is 2.77 bits per heavy atom. The van der Waals surface area contributed by atoms with Crippen molar-refractivity contribution in [3.05, 3.63) is 84.1 Å². The normalized spacial score (nSPS) is 17.5. The molecule has 2 aromatic heterocycles. The second kappa shape index (κ2) is 10.0. The van der Waals surface area contributed by atoms with Crippen LogP contribution in [-0.2, 0) is 13.0 Å². The van der Waals surface area contributed by atoms with E-state index in [-0.39, 0.29) is 5.82 Å². The molecule has 0 spiro atoms. The van der Waals surface area contributed by atoms with Gasteiger partial charge in [0.2, 0.25) is 0 Å². The fourth-order valence-corrected chi connectivity index (χ4v) is 4.49. The lowest BCUT2D eigenvalue weighted by atomic mass is 9.97. The topological polar surface area (TPSA) is 24.3 Å². The van der Waals surface area contributed by atoms with Crippen LogP contribution in [0.3, 0.4) is 0 Å². The summed E-state index contributed by atoms with van der Waals surface area (Å²) in [5.74, 6) is 1.50. The van der Waals surface area contributed by atoms with Gasteiger partial charge in [0.25, 0.3) is 0 Å². The number of halogens is 1. The van der Waals surface area contributed by atoms with E-state index in [2.05, 4.69) is 44.7 Å². The molecule has 1 aliphatic rings. The summed E-state index contributed by atoms with van der Waals surface area (Å²) in [6, 6.07) is 17.2. The van der Waals surface area contributed by atoms with Gasteiger partial charge < -0.3 is 14.4 Å². The maximum absolute atomic E-state index is 13.1. The molecule has 4 nitrogen and oxygen atoms in total. The Hall–Kier alpha value is -2.50. The largest absolute Gasteiger partial charge is 0.304 e. The van der Waals surface area contributed by atoms with Crippen LogP contribution < -0.4 is 0 Å². The average molecular weight is 407 g/mol. The van der Waals surface area contributed by atoms with Gasteiger partial charge in [-0.05, 0) is 80.7 Å². The molecule has 30 heavy (non-hydrogen) atoms. The lowest BCUT2D eigenvalue weighted by molar-refractivity contribution is 0.141. The third-order valence-corrected chi connectivity index (χ3v) is 5.96. The van der Waals surface area contributed by atoms with Crippen LogP contribution in [0.5, 0.6) is 0 Å². The lowest BCUT2D eigenvalue weighted by Gasteiger charge is -2.34. The summed E-state index contributed by atoms with van der Waals surface area (Å²) in [4.78, 5) is 9.49. The molecule has 4 rings (SSSR count). The molecular formula is C25H31FN4. The van der Waals surface area contributed by atoms with Crippen LogP contribution in [0, 0.1) is 11.7 Å². The molecule has 0 bridgehead atoms. The van der Waals surface area contributed by atoms with E-state index in [1.807, 2.05) is 36.5 Å². The highest BCUT2D eigenvalue weighted by molar-refractivity contribution is 5.27. The summed E-state index contributed by atoms with van der Waals surface area (Å²) >= 11 is 0. The zero-order valence-corrected chi connectivity index (χ0v) is 17.8. The van der Waals surface area contributed by atoms with Crippen LogP contribution >= 0.6 is 0 Å². The van der Waals surface area contributed by atoms with Gasteiger partial charge in [-0.2, -0.15) is 0 Å². The van der Waals surface area contributed by atoms with Gasteiger partial charge in [-0.1, -0.05) is 18.2 Å². The van der Waals surface area contributed by atoms with Gasteiger partial charge in [0.1, 0.15) is 11.6 Å². The summed E-state index contributed by atoms with van der Waals surface area (Å²) in [6.07, 6.45) is 7.46. The Kier molecular flexibility index (Phi) is 6.92. The van der Waals surface area contributed by atoms with Crippen molar-refractivity contribution in [2.75, 3.05) is 33.2 Å². The number of nitrogens with zero attached hydrogens (tertiary/aromatic N) is 4. The summed E-state index contributed by atoms with van der Waals surface area (Å²) < 4.78 is 15.3. The highest BCUT2D eigenvalue weighted by Crippen LogP contribution is 2.19. The Labute approximate surface area is 179 Å². The van der Waals surface area contributed by atoms with Gasteiger partial charge in [-0.25, -0.2) is 9.37 Å². The van der Waals surface area contributed by atoms with Crippen LogP contribution in [0.25, 0.3) is 5.82 Å². The molecule has 158 valence electrons. The molecule has 0 unspecified atom stereocenters. The molecule has 1 aromatic carbocycles. The van der Waals surface area contributed by atoms with Gasteiger partial charge >= 0.3 is 0 Å². The van der Waals surface area contributed by atoms with E-state index in [1.54, 1.807) is 12.1 Å². The first kappa shape index (κ1) is 20.8. The first-order chi connectivity index (χ1) is 14.7. The van der Waals surface area contributed by atoms with Gasteiger partial charge in [-0.15, -0.1) is 0 Å². The van der Waals surface area contributed by atoms with Crippen molar-refractivity contribution in [2.24, 2.45) is 5.92 Å². The zero-order chi connectivity index (χ0) is 20.8. The van der Waals surface area contributed by atoms with E-state index < -0.39 is 0 Å². The fourth-order valence-electron chi connectivity index (χ4n) is 4.49. The Morgan fingerprint density at radius 2 is 1.97 bits per heavy atom. The van der Waals surface area contributed by atoms with Crippen LogP contribution in [0.15, 0.2) is 67.0 Å². The minimum absolute atomic E-state index is 0.158. The molecular weight excluding hydrogens is 375 g/mol. The molecule has 0 radical (unpaired) electrons. The summed E-state index contributed by atoms with van der Waals surface area (Å²) in [6.45, 7) is 5.38. The third kappa shape index (κ3) is 5.55. The van der Waals surface area contributed by atoms with Crippen molar-refractivity contribution < 1.29 is 4.39 Å². The SMILES string of the molecule is CN(Cc1cccn1-c1ccccn1)C[C@@H]1CCCN(CCc2ccc(F)cc2)C1. The molecule has 1 fully saturated rings. The molecule has 5 heteroatoms. The first-order valence-corrected chi connectivity index (χ1v) is 10.9. The predicted molar refractivity (Wildman–Crippen MR) is 119 cm³/mol. The van der Waals surface area contributed by atoms with E-state index in [4.69, 9.17) is 0 Å². The monoisotopic (exact) mass is 406 g/mol. The van der Waals surface area contributed by atoms with E-state index in [0.717, 1.165) is 38.4 Å². The lowest BCUT2D eigenvalue weighted by Crippen LogP contribution is -2.40. The van der Waals surface area contributed by atoms with Gasteiger partial charge in [0.15, 0.2) is 0 Å². The van der Waals surface area contributed by atoms with E-state index >= 15 is 0 Å². The van der Waals surface area contributed by atoms with Gasteiger partial charge in [-0.3, -0.25) is 0 Å². The minimum atomic E-state index is -0.158. The summed E-state index contributed by atoms with van der Waals surface area (Å²) in [5.41, 5.74) is 2.48. The number of aromatic nitrogens is 2. The Morgan fingerprint density at radius 1 is 1.10 bits per heavy atom. The molecule has 0 aliphatic carbocycles. The molecule has 1 saturated heterocycles. The van der Waals surface area contributed by atoms with Gasteiger partial charge in [0.05, 0.1) is 0 Å². The highest BCUT2D eigenvalue weighted by atomic mass is 19.1. The first-order valence-electron chi connectivity index (χ1n) is 10.9. The average Bonchev–Trinajstić information content (AvgIpc) is 3.22. The minimum Gasteiger partial charge on any atom is -0.304 e. The number of hydrogen-bond acceptors (Lipinski definition) is 3. The Balaban J connectivity index is 1.28. The van der Waals surface area contributed by atoms with Gasteiger partial charge in [0, 0.05) is 44.3 Å². The number of hydrogen-bond donors (Lipinski definition) is 0. The summed E-state index contributed by atoms with van der Waals surface area (Å²) in [5, 5.41) is 0. The van der Waals surface area contributed by atoms with Crippen LogP contribution in [0.2, 0.25) is 0 Å². The van der Waals surface area contributed by atoms with E-state index in [1.165, 1.54) is 30.6 Å². The number of benzene rings is 1. The highest BCUT2D eigenvalue weighted by Gasteiger charge is 2.21. The number of pyridine rings is 1. The fraction of sp³-hybridized carbons (Fsp3) is 0.400. The number of piperidine rings is 1. The molecule has 1 atom stereocenters. The number of rotatable bonds is 8. The zero-order valence-electron chi connectivity index (χ0n) is 17.8. The maximum atomic E-state index is 13.1. The number of likely N-dealkylation sites (tertiary alicyclic amines) is 1. The van der Waals surface area contributed by atoms with Crippen LogP contribution in [-0.4, -0.2) is 52.6 Å². The van der Waals surface area contributed by atoms with Crippen molar-refractivity contribution in [2.45, 2.75) is 25.8 Å². The van der Waals surface area contributed by atoms with Crippen molar-refractivity contribution in [3.8, 4) is 5.82 Å². The molecule has 0 N–H and O–H groups in total. The third-order valence-electron chi connectivity index (χ3n) is 5.96.